The maximum Gasteiger partial charge on any atom is 0.350 e. The van der Waals surface area contributed by atoms with Gasteiger partial charge in [-0.2, -0.15) is 0 Å². The van der Waals surface area contributed by atoms with Crippen molar-refractivity contribution in [2.24, 2.45) is 0 Å². The monoisotopic (exact) mass is 238 g/mol. The SMILES string of the molecule is COCC(C)(Oc1ccc(C)cc1C)C(=O)O. The highest BCUT2D eigenvalue weighted by Gasteiger charge is 2.36. The first-order valence-corrected chi connectivity index (χ1v) is 5.37. The number of methoxy groups -OCH3 is 1. The fourth-order valence-corrected chi connectivity index (χ4v) is 1.57. The number of carboxylic acids is 1. The molecular weight excluding hydrogens is 220 g/mol. The molecule has 0 aliphatic carbocycles. The van der Waals surface area contributed by atoms with Crippen molar-refractivity contribution in [1.82, 2.24) is 0 Å². The molecule has 0 radical (unpaired) electrons. The van der Waals surface area contributed by atoms with Crippen LogP contribution in [0.5, 0.6) is 5.75 Å². The highest BCUT2D eigenvalue weighted by Crippen LogP contribution is 2.24. The molecule has 4 nitrogen and oxygen atoms in total. The second-order valence-electron chi connectivity index (χ2n) is 4.34. The number of hydrogen-bond donors (Lipinski definition) is 1. The lowest BCUT2D eigenvalue weighted by molar-refractivity contribution is -0.158. The van der Waals surface area contributed by atoms with Gasteiger partial charge >= 0.3 is 5.97 Å². The lowest BCUT2D eigenvalue weighted by Crippen LogP contribution is -2.45. The van der Waals surface area contributed by atoms with Crippen LogP contribution < -0.4 is 4.74 Å². The average molecular weight is 238 g/mol. The van der Waals surface area contributed by atoms with Crippen LogP contribution in [0.25, 0.3) is 0 Å². The van der Waals surface area contributed by atoms with Gasteiger partial charge in [-0.3, -0.25) is 0 Å². The Hall–Kier alpha value is -1.55. The summed E-state index contributed by atoms with van der Waals surface area (Å²) in [5, 5.41) is 9.17. The maximum atomic E-state index is 11.2. The third kappa shape index (κ3) is 3.20. The van der Waals surface area contributed by atoms with Gasteiger partial charge in [0.25, 0.3) is 0 Å². The molecule has 0 saturated heterocycles. The van der Waals surface area contributed by atoms with Crippen molar-refractivity contribution in [3.8, 4) is 5.75 Å². The molecule has 0 aliphatic rings. The van der Waals surface area contributed by atoms with Gasteiger partial charge in [-0.05, 0) is 32.4 Å². The third-order valence-corrected chi connectivity index (χ3v) is 2.54. The van der Waals surface area contributed by atoms with E-state index in [1.807, 2.05) is 26.0 Å². The van der Waals surface area contributed by atoms with Gasteiger partial charge in [0.1, 0.15) is 5.75 Å². The van der Waals surface area contributed by atoms with E-state index in [4.69, 9.17) is 14.6 Å². The van der Waals surface area contributed by atoms with Crippen molar-refractivity contribution < 1.29 is 19.4 Å². The molecule has 0 saturated carbocycles. The predicted molar refractivity (Wildman–Crippen MR) is 64.5 cm³/mol. The minimum absolute atomic E-state index is 0.00432. The molecule has 0 aromatic heterocycles. The topological polar surface area (TPSA) is 55.8 Å². The largest absolute Gasteiger partial charge is 0.478 e. The Labute approximate surface area is 101 Å². The fraction of sp³-hybridized carbons (Fsp3) is 0.462. The van der Waals surface area contributed by atoms with Gasteiger partial charge in [0.15, 0.2) is 0 Å². The predicted octanol–water partition coefficient (Wildman–Crippen LogP) is 2.17. The summed E-state index contributed by atoms with van der Waals surface area (Å²) in [6, 6.07) is 5.61. The maximum absolute atomic E-state index is 11.2. The first-order chi connectivity index (χ1) is 7.89. The molecule has 0 fully saturated rings. The quantitative estimate of drug-likeness (QED) is 0.854. The van der Waals surface area contributed by atoms with Gasteiger partial charge in [-0.1, -0.05) is 17.7 Å². The first-order valence-electron chi connectivity index (χ1n) is 5.37. The molecule has 1 N–H and O–H groups in total. The molecule has 1 unspecified atom stereocenters. The zero-order valence-electron chi connectivity index (χ0n) is 10.6. The van der Waals surface area contributed by atoms with E-state index in [9.17, 15) is 4.79 Å². The normalized spacial score (nSPS) is 14.1. The Kier molecular flexibility index (Phi) is 4.12. The molecule has 0 heterocycles. The minimum atomic E-state index is -1.37. The summed E-state index contributed by atoms with van der Waals surface area (Å²) in [6.07, 6.45) is 0. The zero-order chi connectivity index (χ0) is 13.1. The van der Waals surface area contributed by atoms with E-state index in [1.165, 1.54) is 14.0 Å². The van der Waals surface area contributed by atoms with Gasteiger partial charge in [0.05, 0.1) is 6.61 Å². The van der Waals surface area contributed by atoms with Crippen LogP contribution in [0.2, 0.25) is 0 Å². The Morgan fingerprint density at radius 3 is 2.53 bits per heavy atom. The molecule has 0 aliphatic heterocycles. The zero-order valence-corrected chi connectivity index (χ0v) is 10.6. The average Bonchev–Trinajstić information content (AvgIpc) is 2.22. The van der Waals surface area contributed by atoms with Crippen LogP contribution in [-0.4, -0.2) is 30.4 Å². The van der Waals surface area contributed by atoms with Crippen LogP contribution in [0.3, 0.4) is 0 Å². The number of ether oxygens (including phenoxy) is 2. The lowest BCUT2D eigenvalue weighted by atomic mass is 10.1. The van der Waals surface area contributed by atoms with Gasteiger partial charge in [0.2, 0.25) is 5.60 Å². The summed E-state index contributed by atoms with van der Waals surface area (Å²) in [5.41, 5.74) is 0.654. The molecule has 1 aromatic carbocycles. The second kappa shape index (κ2) is 5.19. The Morgan fingerprint density at radius 2 is 2.06 bits per heavy atom. The molecule has 0 amide bonds. The van der Waals surface area contributed by atoms with Crippen LogP contribution in [0.15, 0.2) is 18.2 Å². The number of benzene rings is 1. The number of carboxylic acid groups (broad SMARTS) is 1. The van der Waals surface area contributed by atoms with Gasteiger partial charge in [-0.25, -0.2) is 4.79 Å². The molecular formula is C13H18O4. The second-order valence-corrected chi connectivity index (χ2v) is 4.34. The number of carbonyl (C=O) groups is 1. The van der Waals surface area contributed by atoms with Crippen LogP contribution in [-0.2, 0) is 9.53 Å². The number of aryl methyl sites for hydroxylation is 2. The Bertz CT molecular complexity index is 414. The Balaban J connectivity index is 2.98. The minimum Gasteiger partial charge on any atom is -0.478 e. The summed E-state index contributed by atoms with van der Waals surface area (Å²) in [4.78, 5) is 11.2. The van der Waals surface area contributed by atoms with E-state index in [1.54, 1.807) is 6.07 Å². The van der Waals surface area contributed by atoms with E-state index in [-0.39, 0.29) is 6.61 Å². The van der Waals surface area contributed by atoms with E-state index < -0.39 is 11.6 Å². The summed E-state index contributed by atoms with van der Waals surface area (Å²) >= 11 is 0. The number of rotatable bonds is 5. The molecule has 0 bridgehead atoms. The third-order valence-electron chi connectivity index (χ3n) is 2.54. The summed E-state index contributed by atoms with van der Waals surface area (Å²) in [5.74, 6) is -0.475. The van der Waals surface area contributed by atoms with Crippen molar-refractivity contribution in [1.29, 1.82) is 0 Å². The van der Waals surface area contributed by atoms with E-state index >= 15 is 0 Å². The van der Waals surface area contributed by atoms with Crippen LogP contribution in [0.1, 0.15) is 18.1 Å². The Morgan fingerprint density at radius 1 is 1.41 bits per heavy atom. The fourth-order valence-electron chi connectivity index (χ4n) is 1.57. The van der Waals surface area contributed by atoms with Crippen molar-refractivity contribution in [2.45, 2.75) is 26.4 Å². The van der Waals surface area contributed by atoms with Gasteiger partial charge < -0.3 is 14.6 Å². The molecule has 1 atom stereocenters. The van der Waals surface area contributed by atoms with Crippen LogP contribution >= 0.6 is 0 Å². The summed E-state index contributed by atoms with van der Waals surface area (Å²) in [7, 11) is 1.45. The van der Waals surface area contributed by atoms with Gasteiger partial charge in [0, 0.05) is 7.11 Å². The van der Waals surface area contributed by atoms with Crippen molar-refractivity contribution in [3.05, 3.63) is 29.3 Å². The van der Waals surface area contributed by atoms with Crippen molar-refractivity contribution in [2.75, 3.05) is 13.7 Å². The van der Waals surface area contributed by atoms with Gasteiger partial charge in [-0.15, -0.1) is 0 Å². The van der Waals surface area contributed by atoms with Crippen LogP contribution in [0, 0.1) is 13.8 Å². The molecule has 17 heavy (non-hydrogen) atoms. The standard InChI is InChI=1S/C13H18O4/c1-9-5-6-11(10(2)7-9)17-13(3,8-16-4)12(14)15/h5-7H,8H2,1-4H3,(H,14,15). The van der Waals surface area contributed by atoms with E-state index in [2.05, 4.69) is 0 Å². The number of aliphatic carboxylic acids is 1. The summed E-state index contributed by atoms with van der Waals surface area (Å²) in [6.45, 7) is 5.35. The molecule has 1 rings (SSSR count). The molecule has 0 spiro atoms. The molecule has 4 heteroatoms. The van der Waals surface area contributed by atoms with E-state index in [0.29, 0.717) is 5.75 Å². The van der Waals surface area contributed by atoms with Crippen molar-refractivity contribution >= 4 is 5.97 Å². The number of hydrogen-bond acceptors (Lipinski definition) is 3. The summed E-state index contributed by atoms with van der Waals surface area (Å²) < 4.78 is 10.5. The molecule has 94 valence electrons. The molecule has 1 aromatic rings. The van der Waals surface area contributed by atoms with Crippen LogP contribution in [0.4, 0.5) is 0 Å². The highest BCUT2D eigenvalue weighted by atomic mass is 16.6. The van der Waals surface area contributed by atoms with E-state index in [0.717, 1.165) is 11.1 Å². The van der Waals surface area contributed by atoms with Crippen molar-refractivity contribution in [3.63, 3.8) is 0 Å². The smallest absolute Gasteiger partial charge is 0.350 e. The lowest BCUT2D eigenvalue weighted by Gasteiger charge is -2.26. The first kappa shape index (κ1) is 13.5. The highest BCUT2D eigenvalue weighted by molar-refractivity contribution is 5.77.